The molecule has 9 nitrogen and oxygen atoms in total. The molecule has 0 radical (unpaired) electrons. The van der Waals surface area contributed by atoms with E-state index in [0.29, 0.717) is 43.2 Å². The van der Waals surface area contributed by atoms with E-state index >= 15 is 0 Å². The van der Waals surface area contributed by atoms with Gasteiger partial charge >= 0.3 is 6.03 Å². The predicted molar refractivity (Wildman–Crippen MR) is 172 cm³/mol. The summed E-state index contributed by atoms with van der Waals surface area (Å²) in [4.78, 5) is 27.7. The minimum atomic E-state index is -1.02. The number of urea groups is 1. The van der Waals surface area contributed by atoms with Gasteiger partial charge in [-0.3, -0.25) is 24.8 Å². The smallest absolute Gasteiger partial charge is 0.327 e. The van der Waals surface area contributed by atoms with Gasteiger partial charge < -0.3 is 9.84 Å². The Kier molecular flexibility index (Phi) is 11.7. The number of alkyl halides is 1. The van der Waals surface area contributed by atoms with E-state index in [0.717, 1.165) is 41.5 Å². The maximum Gasteiger partial charge on any atom is 0.327 e. The highest BCUT2D eigenvalue weighted by Crippen LogP contribution is 2.45. The van der Waals surface area contributed by atoms with Crippen molar-refractivity contribution in [3.8, 4) is 0 Å². The number of aliphatic hydroxyl groups excluding tert-OH is 1. The first-order valence-corrected chi connectivity index (χ1v) is 16.1. The first kappa shape index (κ1) is 32.7. The van der Waals surface area contributed by atoms with Gasteiger partial charge in [-0.15, -0.1) is 0 Å². The molecule has 2 amide bonds. The number of hydrogen-bond acceptors (Lipinski definition) is 9. The number of nitrogens with one attached hydrogen (secondary N) is 2. The summed E-state index contributed by atoms with van der Waals surface area (Å²) in [6.45, 7) is 13.6. The van der Waals surface area contributed by atoms with Gasteiger partial charge in [0.15, 0.2) is 5.17 Å². The van der Waals surface area contributed by atoms with Gasteiger partial charge in [0.1, 0.15) is 29.7 Å². The van der Waals surface area contributed by atoms with E-state index < -0.39 is 12.4 Å². The van der Waals surface area contributed by atoms with E-state index in [2.05, 4.69) is 33.1 Å². The molecule has 4 aliphatic rings. The maximum absolute atomic E-state index is 14.3. The van der Waals surface area contributed by atoms with Crippen LogP contribution in [0.4, 0.5) is 9.18 Å². The summed E-state index contributed by atoms with van der Waals surface area (Å²) in [5.74, 6) is 0. The second-order valence-electron chi connectivity index (χ2n) is 11.0. The van der Waals surface area contributed by atoms with Crippen molar-refractivity contribution in [2.75, 3.05) is 33.3 Å². The third-order valence-electron chi connectivity index (χ3n) is 8.04. The van der Waals surface area contributed by atoms with Crippen molar-refractivity contribution >= 4 is 40.0 Å². The van der Waals surface area contributed by atoms with Crippen LogP contribution in [0, 0.1) is 5.41 Å². The number of methoxy groups -OCH3 is 1. The summed E-state index contributed by atoms with van der Waals surface area (Å²) >= 11 is 2.76. The van der Waals surface area contributed by atoms with Crippen LogP contribution in [0.25, 0.3) is 0 Å². The van der Waals surface area contributed by atoms with Gasteiger partial charge in [-0.1, -0.05) is 38.3 Å². The lowest BCUT2D eigenvalue weighted by molar-refractivity contribution is 0.0286. The van der Waals surface area contributed by atoms with E-state index in [4.69, 9.17) is 9.73 Å². The van der Waals surface area contributed by atoms with Gasteiger partial charge in [-0.25, -0.2) is 14.2 Å². The van der Waals surface area contributed by atoms with Crippen LogP contribution in [0.5, 0.6) is 0 Å². The van der Waals surface area contributed by atoms with Crippen molar-refractivity contribution in [2.24, 2.45) is 15.4 Å². The normalized spacial score (nSPS) is 29.0. The van der Waals surface area contributed by atoms with Crippen LogP contribution in [0.2, 0.25) is 0 Å². The number of thioether (sulfide) groups is 1. The Morgan fingerprint density at radius 3 is 2.81 bits per heavy atom. The molecular weight excluding hydrogens is 576 g/mol. The summed E-state index contributed by atoms with van der Waals surface area (Å²) in [6.07, 6.45) is 10.9. The van der Waals surface area contributed by atoms with Gasteiger partial charge in [0, 0.05) is 49.3 Å². The molecule has 1 spiro atoms. The largest absolute Gasteiger partial charge is 0.379 e. The number of amidine groups is 1. The molecule has 0 saturated carbocycles. The van der Waals surface area contributed by atoms with Crippen molar-refractivity contribution in [1.82, 2.24) is 19.8 Å². The van der Waals surface area contributed by atoms with Crippen molar-refractivity contribution in [3.63, 3.8) is 0 Å². The predicted octanol–water partition coefficient (Wildman–Crippen LogP) is 5.12. The van der Waals surface area contributed by atoms with Crippen molar-refractivity contribution in [3.05, 3.63) is 59.7 Å². The highest BCUT2D eigenvalue weighted by molar-refractivity contribution is 8.27. The molecule has 4 unspecified atom stereocenters. The molecule has 42 heavy (non-hydrogen) atoms. The average molecular weight is 619 g/mol. The first-order valence-electron chi connectivity index (χ1n) is 14.5. The molecule has 5 atom stereocenters. The lowest BCUT2D eigenvalue weighted by atomic mass is 9.85. The average Bonchev–Trinajstić information content (AvgIpc) is 3.69. The number of likely N-dealkylation sites (tertiary alicyclic amines) is 2. The number of aliphatic imine (C=N–C) groups is 2. The number of carbonyl (C=O) groups excluding carboxylic acids is 1. The highest BCUT2D eigenvalue weighted by atomic mass is 32.2. The number of halogens is 1. The van der Waals surface area contributed by atoms with Crippen molar-refractivity contribution < 1.29 is 19.0 Å². The first-order chi connectivity index (χ1) is 20.2. The Bertz CT molecular complexity index is 1190. The molecule has 3 N–H and O–H groups in total. The fourth-order valence-corrected chi connectivity index (χ4v) is 7.30. The number of hydrogen-bond donors (Lipinski definition) is 3. The number of fused-ring (bicyclic) bond motifs is 1. The highest BCUT2D eigenvalue weighted by Gasteiger charge is 2.48. The number of ether oxygens (including phenoxy) is 1. The number of nitrogens with zero attached hydrogens (tertiary/aromatic N) is 4. The zero-order valence-electron chi connectivity index (χ0n) is 24.7. The fourth-order valence-electron chi connectivity index (χ4n) is 5.68. The van der Waals surface area contributed by atoms with Gasteiger partial charge in [0.2, 0.25) is 0 Å². The number of allylic oxidation sites excluding steroid dienone is 6. The van der Waals surface area contributed by atoms with Gasteiger partial charge in [-0.05, 0) is 80.5 Å². The summed E-state index contributed by atoms with van der Waals surface area (Å²) in [6, 6.07) is -0.255. The minimum absolute atomic E-state index is 0.0273. The van der Waals surface area contributed by atoms with Gasteiger partial charge in [-0.2, -0.15) is 0 Å². The third-order valence-corrected chi connectivity index (χ3v) is 9.86. The molecule has 230 valence electrons. The molecule has 12 heteroatoms. The Hall–Kier alpha value is -2.22. The van der Waals surface area contributed by atoms with Gasteiger partial charge in [0.05, 0.1) is 0 Å². The minimum Gasteiger partial charge on any atom is -0.379 e. The molecule has 4 rings (SSSR count). The van der Waals surface area contributed by atoms with Crippen LogP contribution in [0.1, 0.15) is 46.0 Å². The maximum atomic E-state index is 14.3. The van der Waals surface area contributed by atoms with Crippen LogP contribution in [0.15, 0.2) is 69.7 Å². The summed E-state index contributed by atoms with van der Waals surface area (Å²) in [5.41, 5.74) is 1.39. The quantitative estimate of drug-likeness (QED) is 0.218. The molecule has 0 aromatic rings. The molecule has 4 heterocycles. The summed E-state index contributed by atoms with van der Waals surface area (Å²) in [5, 5.41) is 14.7. The molecule has 4 aliphatic heterocycles. The van der Waals surface area contributed by atoms with E-state index in [-0.39, 0.29) is 23.7 Å². The number of aliphatic hydroxyl groups is 1. The molecule has 0 bridgehead atoms. The molecule has 0 aliphatic carbocycles. The fraction of sp³-hybridized carbons (Fsp3) is 0.567. The zero-order chi connectivity index (χ0) is 30.3. The molecule has 2 saturated heterocycles. The van der Waals surface area contributed by atoms with Crippen LogP contribution in [-0.4, -0.2) is 89.1 Å². The lowest BCUT2D eigenvalue weighted by Gasteiger charge is -2.25. The van der Waals surface area contributed by atoms with Crippen molar-refractivity contribution in [2.45, 2.75) is 70.6 Å². The Labute approximate surface area is 257 Å². The summed E-state index contributed by atoms with van der Waals surface area (Å²) < 4.78 is 22.9. The van der Waals surface area contributed by atoms with Crippen LogP contribution in [0.3, 0.4) is 0 Å². The van der Waals surface area contributed by atoms with Gasteiger partial charge in [0.25, 0.3) is 0 Å². The molecule has 0 aromatic carbocycles. The molecule has 0 aromatic heterocycles. The lowest BCUT2D eigenvalue weighted by Crippen LogP contribution is -2.42. The van der Waals surface area contributed by atoms with E-state index in [9.17, 15) is 14.3 Å². The Morgan fingerprint density at radius 1 is 1.33 bits per heavy atom. The zero-order valence-corrected chi connectivity index (χ0v) is 26.4. The molecular formula is C30H43FN6O3S2. The Balaban J connectivity index is 1.48. The number of rotatable bonds is 11. The van der Waals surface area contributed by atoms with E-state index in [1.807, 2.05) is 19.1 Å². The monoisotopic (exact) mass is 618 g/mol. The standard InChI is InChI=1S/C30H43FN6O3S2/c1-6-9-21(24(31)8-3)17-32-42-23(7-2)11-10-22-16-30(14-15-36(18-30)20(4)38)19-37(22)29(39)35-28-33-25-12-13-26(40-5)34-27(25)41-28/h6-7,9-11,20,24-26,32,38H,1-2,8,12-19H2,3-5H3,(H,33,35,39)/b21-9-,22-10+,23-11+/t20?,24-,25?,26?,30?/m1/s1. The van der Waals surface area contributed by atoms with Crippen LogP contribution < -0.4 is 10.0 Å². The van der Waals surface area contributed by atoms with E-state index in [1.165, 1.54) is 23.7 Å². The third kappa shape index (κ3) is 8.03. The second kappa shape index (κ2) is 15.0. The summed E-state index contributed by atoms with van der Waals surface area (Å²) in [7, 11) is 1.65. The van der Waals surface area contributed by atoms with Crippen molar-refractivity contribution in [1.29, 1.82) is 0 Å². The van der Waals surface area contributed by atoms with Crippen LogP contribution >= 0.6 is 23.7 Å². The number of carbonyl (C=O) groups is 1. The second-order valence-corrected chi connectivity index (χ2v) is 13.0. The topological polar surface area (TPSA) is 102 Å². The van der Waals surface area contributed by atoms with Crippen LogP contribution in [-0.2, 0) is 4.74 Å². The Morgan fingerprint density at radius 2 is 2.14 bits per heavy atom. The molecule has 2 fully saturated rings. The van der Waals surface area contributed by atoms with E-state index in [1.54, 1.807) is 37.2 Å². The SMILES string of the molecule is C=C/C=C(/CNS/C(C=C)=C/C=C1\CC2(CCN(C(C)O)C2)CN1C(=O)NC1=NC2CCC(OC)N=C2S1)[C@H](F)CC. The number of amides is 2.